The summed E-state index contributed by atoms with van der Waals surface area (Å²) in [7, 11) is 3.27. The second-order valence-electron chi connectivity index (χ2n) is 5.67. The SMILES string of the molecule is Cc1cc(-c2sc(NC(=O)NCC(=O)N(C)C)nc2C)cc(C)n1. The van der Waals surface area contributed by atoms with E-state index in [2.05, 4.69) is 20.6 Å². The third-order valence-electron chi connectivity index (χ3n) is 3.26. The first-order valence-corrected chi connectivity index (χ1v) is 8.26. The first-order chi connectivity index (χ1) is 11.3. The van der Waals surface area contributed by atoms with Crippen molar-refractivity contribution in [1.82, 2.24) is 20.2 Å². The number of anilines is 1. The van der Waals surface area contributed by atoms with Crippen LogP contribution in [0.25, 0.3) is 10.4 Å². The van der Waals surface area contributed by atoms with Gasteiger partial charge in [0.05, 0.1) is 17.1 Å². The fourth-order valence-corrected chi connectivity index (χ4v) is 3.09. The van der Waals surface area contributed by atoms with Crippen LogP contribution in [0.4, 0.5) is 9.93 Å². The Kier molecular flexibility index (Phi) is 5.50. The van der Waals surface area contributed by atoms with Crippen LogP contribution >= 0.6 is 11.3 Å². The predicted octanol–water partition coefficient (Wildman–Crippen LogP) is 2.34. The largest absolute Gasteiger partial charge is 0.347 e. The van der Waals surface area contributed by atoms with Gasteiger partial charge in [0.1, 0.15) is 0 Å². The van der Waals surface area contributed by atoms with Gasteiger partial charge in [-0.1, -0.05) is 11.3 Å². The Morgan fingerprint density at radius 1 is 1.12 bits per heavy atom. The van der Waals surface area contributed by atoms with E-state index in [-0.39, 0.29) is 12.5 Å². The van der Waals surface area contributed by atoms with E-state index in [9.17, 15) is 9.59 Å². The molecule has 2 N–H and O–H groups in total. The molecule has 0 unspecified atom stereocenters. The average Bonchev–Trinajstić information content (AvgIpc) is 2.84. The van der Waals surface area contributed by atoms with Crippen LogP contribution in [0.2, 0.25) is 0 Å². The molecule has 2 aromatic heterocycles. The summed E-state index contributed by atoms with van der Waals surface area (Å²) in [5.41, 5.74) is 3.75. The van der Waals surface area contributed by atoms with Gasteiger partial charge in [-0.2, -0.15) is 0 Å². The summed E-state index contributed by atoms with van der Waals surface area (Å²) in [6, 6.07) is 3.54. The number of aryl methyl sites for hydroxylation is 3. The summed E-state index contributed by atoms with van der Waals surface area (Å²) >= 11 is 1.39. The highest BCUT2D eigenvalue weighted by atomic mass is 32.1. The minimum atomic E-state index is -0.451. The quantitative estimate of drug-likeness (QED) is 0.889. The van der Waals surface area contributed by atoms with Crippen molar-refractivity contribution in [1.29, 1.82) is 0 Å². The first kappa shape index (κ1) is 17.9. The van der Waals surface area contributed by atoms with Crippen molar-refractivity contribution in [2.45, 2.75) is 20.8 Å². The molecule has 0 saturated carbocycles. The van der Waals surface area contributed by atoms with Crippen molar-refractivity contribution in [2.75, 3.05) is 26.0 Å². The molecule has 0 aliphatic rings. The van der Waals surface area contributed by atoms with Crippen LogP contribution in [0, 0.1) is 20.8 Å². The van der Waals surface area contributed by atoms with Crippen LogP contribution in [0.1, 0.15) is 17.1 Å². The Bertz CT molecular complexity index is 750. The van der Waals surface area contributed by atoms with Crippen molar-refractivity contribution < 1.29 is 9.59 Å². The minimum absolute atomic E-state index is 0.0568. The molecule has 3 amide bonds. The molecule has 0 fully saturated rings. The van der Waals surface area contributed by atoms with Crippen LogP contribution in [-0.4, -0.2) is 47.4 Å². The standard InChI is InChI=1S/C16H21N5O2S/c1-9-6-12(7-10(2)18-9)14-11(3)19-16(24-14)20-15(23)17-8-13(22)21(4)5/h6-7H,8H2,1-5H3,(H2,17,19,20,23). The zero-order valence-corrected chi connectivity index (χ0v) is 15.2. The highest BCUT2D eigenvalue weighted by Crippen LogP contribution is 2.33. The average molecular weight is 347 g/mol. The van der Waals surface area contributed by atoms with Gasteiger partial charge >= 0.3 is 6.03 Å². The monoisotopic (exact) mass is 347 g/mol. The van der Waals surface area contributed by atoms with E-state index in [4.69, 9.17) is 0 Å². The molecular formula is C16H21N5O2S. The number of carbonyl (C=O) groups is 2. The molecule has 2 aromatic rings. The number of aromatic nitrogens is 2. The van der Waals surface area contributed by atoms with E-state index in [1.54, 1.807) is 14.1 Å². The maximum absolute atomic E-state index is 11.9. The lowest BCUT2D eigenvalue weighted by molar-refractivity contribution is -0.127. The topological polar surface area (TPSA) is 87.2 Å². The Morgan fingerprint density at radius 2 is 1.75 bits per heavy atom. The minimum Gasteiger partial charge on any atom is -0.347 e. The van der Waals surface area contributed by atoms with Gasteiger partial charge in [0.25, 0.3) is 0 Å². The number of pyridine rings is 1. The maximum atomic E-state index is 11.9. The van der Waals surface area contributed by atoms with Crippen molar-refractivity contribution in [3.63, 3.8) is 0 Å². The highest BCUT2D eigenvalue weighted by molar-refractivity contribution is 7.19. The van der Waals surface area contributed by atoms with Gasteiger partial charge in [-0.25, -0.2) is 9.78 Å². The fraction of sp³-hybridized carbons (Fsp3) is 0.375. The maximum Gasteiger partial charge on any atom is 0.321 e. The van der Waals surface area contributed by atoms with Crippen molar-refractivity contribution in [3.8, 4) is 10.4 Å². The molecule has 128 valence electrons. The number of carbonyl (C=O) groups excluding carboxylic acids is 2. The lowest BCUT2D eigenvalue weighted by Gasteiger charge is -2.10. The van der Waals surface area contributed by atoms with E-state index in [1.807, 2.05) is 32.9 Å². The fourth-order valence-electron chi connectivity index (χ4n) is 2.14. The summed E-state index contributed by atoms with van der Waals surface area (Å²) in [6.45, 7) is 5.73. The van der Waals surface area contributed by atoms with Gasteiger partial charge in [0.15, 0.2) is 5.13 Å². The molecule has 8 heteroatoms. The number of urea groups is 1. The Morgan fingerprint density at radius 3 is 2.33 bits per heavy atom. The van der Waals surface area contributed by atoms with Crippen molar-refractivity contribution in [3.05, 3.63) is 29.2 Å². The van der Waals surface area contributed by atoms with E-state index in [1.165, 1.54) is 16.2 Å². The summed E-state index contributed by atoms with van der Waals surface area (Å²) < 4.78 is 0. The number of likely N-dealkylation sites (N-methyl/N-ethyl adjacent to an activating group) is 1. The summed E-state index contributed by atoms with van der Waals surface area (Å²) in [5.74, 6) is -0.177. The normalized spacial score (nSPS) is 10.4. The van der Waals surface area contributed by atoms with Crippen LogP contribution in [-0.2, 0) is 4.79 Å². The van der Waals surface area contributed by atoms with E-state index >= 15 is 0 Å². The summed E-state index contributed by atoms with van der Waals surface area (Å²) in [6.07, 6.45) is 0. The molecule has 24 heavy (non-hydrogen) atoms. The zero-order valence-electron chi connectivity index (χ0n) is 14.4. The molecule has 2 rings (SSSR count). The van der Waals surface area contributed by atoms with E-state index in [0.29, 0.717) is 5.13 Å². The van der Waals surface area contributed by atoms with Crippen LogP contribution in [0.5, 0.6) is 0 Å². The van der Waals surface area contributed by atoms with Crippen molar-refractivity contribution >= 4 is 28.4 Å². The van der Waals surface area contributed by atoms with Gasteiger partial charge in [0.2, 0.25) is 5.91 Å². The molecule has 0 radical (unpaired) electrons. The van der Waals surface area contributed by atoms with Crippen LogP contribution in [0.15, 0.2) is 12.1 Å². The predicted molar refractivity (Wildman–Crippen MR) is 95.3 cm³/mol. The number of nitrogens with zero attached hydrogens (tertiary/aromatic N) is 3. The summed E-state index contributed by atoms with van der Waals surface area (Å²) in [4.78, 5) is 34.5. The molecule has 0 saturated heterocycles. The number of hydrogen-bond acceptors (Lipinski definition) is 5. The lowest BCUT2D eigenvalue weighted by Crippen LogP contribution is -2.38. The highest BCUT2D eigenvalue weighted by Gasteiger charge is 2.13. The number of nitrogens with one attached hydrogen (secondary N) is 2. The number of amides is 3. The zero-order chi connectivity index (χ0) is 17.9. The number of thiazole rings is 1. The van der Waals surface area contributed by atoms with E-state index in [0.717, 1.165) is 27.5 Å². The Labute approximate surface area is 145 Å². The second-order valence-corrected chi connectivity index (χ2v) is 6.67. The summed E-state index contributed by atoms with van der Waals surface area (Å²) in [5, 5.41) is 5.67. The molecule has 0 aromatic carbocycles. The third kappa shape index (κ3) is 4.51. The smallest absolute Gasteiger partial charge is 0.321 e. The first-order valence-electron chi connectivity index (χ1n) is 7.44. The Hall–Kier alpha value is -2.48. The van der Waals surface area contributed by atoms with Gasteiger partial charge in [-0.3, -0.25) is 15.1 Å². The number of rotatable bonds is 4. The molecule has 0 bridgehead atoms. The molecular weight excluding hydrogens is 326 g/mol. The molecule has 7 nitrogen and oxygen atoms in total. The molecule has 2 heterocycles. The molecule has 0 aliphatic carbocycles. The van der Waals surface area contributed by atoms with Gasteiger partial charge in [-0.05, 0) is 38.5 Å². The third-order valence-corrected chi connectivity index (χ3v) is 4.38. The van der Waals surface area contributed by atoms with Crippen LogP contribution in [0.3, 0.4) is 0 Å². The lowest BCUT2D eigenvalue weighted by atomic mass is 10.1. The van der Waals surface area contributed by atoms with Gasteiger partial charge in [-0.15, -0.1) is 0 Å². The van der Waals surface area contributed by atoms with Crippen LogP contribution < -0.4 is 10.6 Å². The number of hydrogen-bond donors (Lipinski definition) is 2. The van der Waals surface area contributed by atoms with Crippen molar-refractivity contribution in [2.24, 2.45) is 0 Å². The van der Waals surface area contributed by atoms with Gasteiger partial charge in [0, 0.05) is 25.5 Å². The van der Waals surface area contributed by atoms with E-state index < -0.39 is 6.03 Å². The van der Waals surface area contributed by atoms with Gasteiger partial charge < -0.3 is 10.2 Å². The molecule has 0 aliphatic heterocycles. The molecule has 0 spiro atoms. The Balaban J connectivity index is 2.08. The second kappa shape index (κ2) is 7.39. The molecule has 0 atom stereocenters.